The van der Waals surface area contributed by atoms with E-state index < -0.39 is 12.1 Å². The third-order valence-corrected chi connectivity index (χ3v) is 3.01. The second-order valence-electron chi connectivity index (χ2n) is 4.39. The zero-order valence-electron chi connectivity index (χ0n) is 10.6. The van der Waals surface area contributed by atoms with Crippen LogP contribution in [0.5, 0.6) is 0 Å². The molecule has 19 heavy (non-hydrogen) atoms. The van der Waals surface area contributed by atoms with Crippen LogP contribution >= 0.6 is 0 Å². The number of carbonyl (C=O) groups excluding carboxylic acids is 2. The number of hydrogen-bond acceptors (Lipinski definition) is 4. The molecule has 0 aromatic heterocycles. The molecule has 5 nitrogen and oxygen atoms in total. The van der Waals surface area contributed by atoms with Gasteiger partial charge in [0.1, 0.15) is 18.4 Å². The van der Waals surface area contributed by atoms with Gasteiger partial charge in [0.05, 0.1) is 13.2 Å². The second kappa shape index (κ2) is 6.89. The van der Waals surface area contributed by atoms with Gasteiger partial charge in [-0.3, -0.25) is 0 Å². The summed E-state index contributed by atoms with van der Waals surface area (Å²) in [6.07, 6.45) is 1.40. The average molecular weight is 263 g/mol. The molecule has 1 aromatic rings. The van der Waals surface area contributed by atoms with E-state index in [0.717, 1.165) is 5.56 Å². The van der Waals surface area contributed by atoms with Crippen molar-refractivity contribution in [1.82, 2.24) is 5.32 Å². The Bertz CT molecular complexity index is 415. The lowest BCUT2D eigenvalue weighted by atomic mass is 10.1. The van der Waals surface area contributed by atoms with Gasteiger partial charge >= 0.3 is 6.09 Å². The number of aldehydes is 1. The fraction of sp³-hybridized carbons (Fsp3) is 0.429. The lowest BCUT2D eigenvalue weighted by Gasteiger charge is -2.23. The molecule has 5 heteroatoms. The summed E-state index contributed by atoms with van der Waals surface area (Å²) in [7, 11) is 0. The van der Waals surface area contributed by atoms with E-state index in [2.05, 4.69) is 5.32 Å². The summed E-state index contributed by atoms with van der Waals surface area (Å²) in [6, 6.07) is 8.38. The van der Waals surface area contributed by atoms with Crippen molar-refractivity contribution in [3.8, 4) is 0 Å². The van der Waals surface area contributed by atoms with Gasteiger partial charge in [0.25, 0.3) is 0 Å². The molecule has 0 spiro atoms. The Kier molecular flexibility index (Phi) is 4.92. The number of amides is 1. The summed E-state index contributed by atoms with van der Waals surface area (Å²) < 4.78 is 10.4. The highest BCUT2D eigenvalue weighted by atomic mass is 16.6. The standard InChI is InChI=1S/C14H17NO4/c16-10-13(11-4-2-1-3-5-11)15-14(17)19-12-6-8-18-9-7-12/h1-5,10,12-13H,6-9H2,(H,15,17)/t13-/m0/s1. The van der Waals surface area contributed by atoms with E-state index in [4.69, 9.17) is 9.47 Å². The molecule has 1 amide bonds. The Morgan fingerprint density at radius 3 is 2.63 bits per heavy atom. The minimum absolute atomic E-state index is 0.128. The summed E-state index contributed by atoms with van der Waals surface area (Å²) >= 11 is 0. The van der Waals surface area contributed by atoms with E-state index >= 15 is 0 Å². The third kappa shape index (κ3) is 4.06. The molecular formula is C14H17NO4. The Morgan fingerprint density at radius 1 is 1.32 bits per heavy atom. The fourth-order valence-corrected chi connectivity index (χ4v) is 1.96. The molecule has 0 bridgehead atoms. The maximum absolute atomic E-state index is 11.7. The van der Waals surface area contributed by atoms with E-state index in [-0.39, 0.29) is 6.10 Å². The predicted molar refractivity (Wildman–Crippen MR) is 68.7 cm³/mol. The van der Waals surface area contributed by atoms with E-state index in [1.807, 2.05) is 18.2 Å². The van der Waals surface area contributed by atoms with Crippen molar-refractivity contribution in [2.75, 3.05) is 13.2 Å². The number of ether oxygens (including phenoxy) is 2. The van der Waals surface area contributed by atoms with Gasteiger partial charge < -0.3 is 19.6 Å². The van der Waals surface area contributed by atoms with Gasteiger partial charge in [-0.1, -0.05) is 30.3 Å². The molecule has 0 radical (unpaired) electrons. The van der Waals surface area contributed by atoms with Crippen LogP contribution in [0.25, 0.3) is 0 Å². The lowest BCUT2D eigenvalue weighted by Crippen LogP contribution is -2.35. The van der Waals surface area contributed by atoms with E-state index in [1.54, 1.807) is 12.1 Å². The third-order valence-electron chi connectivity index (χ3n) is 3.01. The van der Waals surface area contributed by atoms with Crippen LogP contribution in [0.15, 0.2) is 30.3 Å². The highest BCUT2D eigenvalue weighted by Crippen LogP contribution is 2.13. The van der Waals surface area contributed by atoms with Crippen LogP contribution in [0.3, 0.4) is 0 Å². The fourth-order valence-electron chi connectivity index (χ4n) is 1.96. The van der Waals surface area contributed by atoms with Gasteiger partial charge in [-0.25, -0.2) is 4.79 Å². The van der Waals surface area contributed by atoms with Crippen LogP contribution in [-0.2, 0) is 14.3 Å². The van der Waals surface area contributed by atoms with Gasteiger partial charge in [-0.05, 0) is 5.56 Å². The number of carbonyl (C=O) groups is 2. The molecule has 1 N–H and O–H groups in total. The Morgan fingerprint density at radius 2 is 2.00 bits per heavy atom. The molecule has 0 saturated carbocycles. The quantitative estimate of drug-likeness (QED) is 0.842. The van der Waals surface area contributed by atoms with Crippen molar-refractivity contribution in [3.63, 3.8) is 0 Å². The van der Waals surface area contributed by atoms with Crippen LogP contribution in [0.1, 0.15) is 24.4 Å². The number of nitrogens with one attached hydrogen (secondary N) is 1. The monoisotopic (exact) mass is 263 g/mol. The van der Waals surface area contributed by atoms with E-state index in [1.165, 1.54) is 0 Å². The molecule has 0 unspecified atom stereocenters. The molecule has 1 aliphatic rings. The van der Waals surface area contributed by atoms with Gasteiger partial charge in [0.2, 0.25) is 0 Å². The smallest absolute Gasteiger partial charge is 0.408 e. The zero-order chi connectivity index (χ0) is 13.5. The Labute approximate surface area is 111 Å². The normalized spacial score (nSPS) is 17.5. The molecule has 1 aromatic carbocycles. The van der Waals surface area contributed by atoms with Crippen molar-refractivity contribution in [1.29, 1.82) is 0 Å². The summed E-state index contributed by atoms with van der Waals surface area (Å²) in [5.74, 6) is 0. The lowest BCUT2D eigenvalue weighted by molar-refractivity contribution is -0.109. The van der Waals surface area contributed by atoms with Crippen molar-refractivity contribution in [2.45, 2.75) is 25.0 Å². The van der Waals surface area contributed by atoms with Crippen LogP contribution in [0.2, 0.25) is 0 Å². The topological polar surface area (TPSA) is 64.6 Å². The van der Waals surface area contributed by atoms with Crippen molar-refractivity contribution in [2.24, 2.45) is 0 Å². The molecule has 1 aliphatic heterocycles. The van der Waals surface area contributed by atoms with Crippen molar-refractivity contribution < 1.29 is 19.1 Å². The first-order valence-corrected chi connectivity index (χ1v) is 6.34. The number of rotatable bonds is 4. The molecule has 1 atom stereocenters. The first-order valence-electron chi connectivity index (χ1n) is 6.34. The summed E-state index contributed by atoms with van der Waals surface area (Å²) in [5.41, 5.74) is 0.737. The molecule has 102 valence electrons. The van der Waals surface area contributed by atoms with E-state index in [0.29, 0.717) is 32.3 Å². The molecular weight excluding hydrogens is 246 g/mol. The first kappa shape index (κ1) is 13.5. The van der Waals surface area contributed by atoms with Gasteiger partial charge in [0.15, 0.2) is 0 Å². The van der Waals surface area contributed by atoms with Crippen LogP contribution in [0.4, 0.5) is 4.79 Å². The van der Waals surface area contributed by atoms with Crippen molar-refractivity contribution >= 4 is 12.4 Å². The van der Waals surface area contributed by atoms with E-state index in [9.17, 15) is 9.59 Å². The highest BCUT2D eigenvalue weighted by molar-refractivity contribution is 5.74. The largest absolute Gasteiger partial charge is 0.446 e. The second-order valence-corrected chi connectivity index (χ2v) is 4.39. The van der Waals surface area contributed by atoms with Crippen molar-refractivity contribution in [3.05, 3.63) is 35.9 Å². The molecule has 0 aliphatic carbocycles. The molecule has 1 fully saturated rings. The summed E-state index contributed by atoms with van der Waals surface area (Å²) in [6.45, 7) is 1.21. The average Bonchev–Trinajstić information content (AvgIpc) is 2.47. The van der Waals surface area contributed by atoms with Crippen LogP contribution in [0, 0.1) is 0 Å². The van der Waals surface area contributed by atoms with Gasteiger partial charge in [-0.15, -0.1) is 0 Å². The van der Waals surface area contributed by atoms with Crippen LogP contribution < -0.4 is 5.32 Å². The SMILES string of the molecule is O=C[C@H](NC(=O)OC1CCOCC1)c1ccccc1. The Balaban J connectivity index is 1.87. The number of benzene rings is 1. The summed E-state index contributed by atoms with van der Waals surface area (Å²) in [5, 5.41) is 2.56. The van der Waals surface area contributed by atoms with Gasteiger partial charge in [-0.2, -0.15) is 0 Å². The molecule has 1 heterocycles. The zero-order valence-corrected chi connectivity index (χ0v) is 10.6. The van der Waals surface area contributed by atoms with Crippen LogP contribution in [-0.4, -0.2) is 31.7 Å². The molecule has 1 saturated heterocycles. The predicted octanol–water partition coefficient (Wildman–Crippen LogP) is 1.83. The molecule has 2 rings (SSSR count). The minimum atomic E-state index is -0.673. The maximum Gasteiger partial charge on any atom is 0.408 e. The summed E-state index contributed by atoms with van der Waals surface area (Å²) in [4.78, 5) is 22.8. The Hall–Kier alpha value is -1.88. The van der Waals surface area contributed by atoms with Gasteiger partial charge in [0, 0.05) is 12.8 Å². The minimum Gasteiger partial charge on any atom is -0.446 e. The number of alkyl carbamates (subject to hydrolysis) is 1. The highest BCUT2D eigenvalue weighted by Gasteiger charge is 2.20. The maximum atomic E-state index is 11.7. The number of hydrogen-bond donors (Lipinski definition) is 1. The first-order chi connectivity index (χ1) is 9.29.